The second kappa shape index (κ2) is 10.5. The second-order valence-electron chi connectivity index (χ2n) is 10.2. The molecule has 0 aliphatic rings. The summed E-state index contributed by atoms with van der Waals surface area (Å²) in [5.41, 5.74) is 2.77. The summed E-state index contributed by atoms with van der Waals surface area (Å²) >= 11 is 0. The van der Waals surface area contributed by atoms with Crippen LogP contribution in [0.25, 0.3) is 33.5 Å². The number of hydrogen-bond donors (Lipinski definition) is 0. The number of methoxy groups -OCH3 is 1. The highest BCUT2D eigenvalue weighted by Gasteiger charge is 2.21. The van der Waals surface area contributed by atoms with E-state index in [0.29, 0.717) is 28.2 Å². The summed E-state index contributed by atoms with van der Waals surface area (Å²) in [5, 5.41) is 0.325. The van der Waals surface area contributed by atoms with Crippen LogP contribution in [0.4, 0.5) is 0 Å². The van der Waals surface area contributed by atoms with Crippen LogP contribution in [0.15, 0.2) is 65.6 Å². The van der Waals surface area contributed by atoms with Gasteiger partial charge in [0, 0.05) is 23.9 Å². The molecule has 37 heavy (non-hydrogen) atoms. The van der Waals surface area contributed by atoms with E-state index >= 15 is 0 Å². The van der Waals surface area contributed by atoms with Crippen molar-refractivity contribution in [3.8, 4) is 28.3 Å². The maximum atomic E-state index is 13.8. The largest absolute Gasteiger partial charge is 0.497 e. The van der Waals surface area contributed by atoms with Crippen molar-refractivity contribution in [1.29, 1.82) is 0 Å². The van der Waals surface area contributed by atoms with Crippen LogP contribution in [0.1, 0.15) is 26.3 Å². The molecule has 0 fully saturated rings. The van der Waals surface area contributed by atoms with Gasteiger partial charge in [-0.1, -0.05) is 30.3 Å². The fraction of sp³-hybridized carbons (Fsp3) is 0.310. The number of pyridine rings is 1. The number of benzene rings is 2. The molecule has 2 heterocycles. The third-order valence-corrected chi connectivity index (χ3v) is 5.60. The number of aromatic nitrogens is 3. The minimum absolute atomic E-state index is 0.284. The molecule has 0 bridgehead atoms. The molecule has 0 amide bonds. The molecule has 0 aliphatic heterocycles. The van der Waals surface area contributed by atoms with Crippen molar-refractivity contribution in [3.05, 3.63) is 76.7 Å². The van der Waals surface area contributed by atoms with E-state index in [1.807, 2.05) is 32.3 Å². The number of hydrogen-bond acceptors (Lipinski definition) is 7. The van der Waals surface area contributed by atoms with Crippen molar-refractivity contribution in [2.75, 3.05) is 21.2 Å². The Balaban J connectivity index is 1.87. The van der Waals surface area contributed by atoms with Crippen LogP contribution in [-0.2, 0) is 22.6 Å². The van der Waals surface area contributed by atoms with Crippen molar-refractivity contribution >= 4 is 17.0 Å². The predicted molar refractivity (Wildman–Crippen MR) is 144 cm³/mol. The van der Waals surface area contributed by atoms with Crippen molar-refractivity contribution in [2.24, 2.45) is 0 Å². The fourth-order valence-electron chi connectivity index (χ4n) is 4.11. The number of rotatable bonds is 7. The van der Waals surface area contributed by atoms with E-state index in [0.717, 1.165) is 23.2 Å². The fourth-order valence-corrected chi connectivity index (χ4v) is 4.11. The highest BCUT2D eigenvalue weighted by Crippen LogP contribution is 2.26. The molecule has 192 valence electrons. The predicted octanol–water partition coefficient (Wildman–Crippen LogP) is 4.54. The molecule has 8 nitrogen and oxygen atoms in total. The first kappa shape index (κ1) is 26.0. The molecule has 0 unspecified atom stereocenters. The molecule has 0 spiro atoms. The molecule has 0 radical (unpaired) electrons. The first-order chi connectivity index (χ1) is 17.5. The zero-order valence-electron chi connectivity index (χ0n) is 22.1. The lowest BCUT2D eigenvalue weighted by Gasteiger charge is -2.21. The Morgan fingerprint density at radius 1 is 1.00 bits per heavy atom. The van der Waals surface area contributed by atoms with E-state index < -0.39 is 11.6 Å². The maximum absolute atomic E-state index is 13.8. The van der Waals surface area contributed by atoms with Gasteiger partial charge in [-0.3, -0.25) is 14.2 Å². The lowest BCUT2D eigenvalue weighted by atomic mass is 10.0. The van der Waals surface area contributed by atoms with Crippen LogP contribution in [0.3, 0.4) is 0 Å². The van der Waals surface area contributed by atoms with Crippen molar-refractivity contribution in [3.63, 3.8) is 0 Å². The molecule has 0 saturated heterocycles. The van der Waals surface area contributed by atoms with Gasteiger partial charge in [0.05, 0.1) is 12.5 Å². The first-order valence-corrected chi connectivity index (χ1v) is 12.0. The summed E-state index contributed by atoms with van der Waals surface area (Å²) in [6, 6.07) is 17.1. The summed E-state index contributed by atoms with van der Waals surface area (Å²) in [4.78, 5) is 37.9. The van der Waals surface area contributed by atoms with Gasteiger partial charge in [0.25, 0.3) is 5.56 Å². The van der Waals surface area contributed by atoms with Gasteiger partial charge < -0.3 is 14.4 Å². The topological polar surface area (TPSA) is 86.6 Å². The summed E-state index contributed by atoms with van der Waals surface area (Å²) in [7, 11) is 5.60. The van der Waals surface area contributed by atoms with Crippen molar-refractivity contribution < 1.29 is 14.3 Å². The third kappa shape index (κ3) is 6.21. The van der Waals surface area contributed by atoms with Gasteiger partial charge in [0.1, 0.15) is 23.7 Å². The van der Waals surface area contributed by atoms with Crippen LogP contribution in [-0.4, -0.2) is 52.2 Å². The molecule has 4 aromatic rings. The second-order valence-corrected chi connectivity index (χ2v) is 10.2. The SMILES string of the molecule is COc1cccc(-c2nc3ncc(-c4cccc(CN(C)C)c4)cc3c(=O)n2CC(=O)OC(C)(C)C)c1. The minimum atomic E-state index is -0.687. The molecule has 2 aromatic heterocycles. The normalized spacial score (nSPS) is 11.6. The molecule has 0 N–H and O–H groups in total. The summed E-state index contributed by atoms with van der Waals surface area (Å²) < 4.78 is 12.2. The summed E-state index contributed by atoms with van der Waals surface area (Å²) in [5.74, 6) is 0.396. The average molecular weight is 501 g/mol. The van der Waals surface area contributed by atoms with Gasteiger partial charge in [0.15, 0.2) is 5.65 Å². The molecular formula is C29H32N4O4. The average Bonchev–Trinajstić information content (AvgIpc) is 2.84. The first-order valence-electron chi connectivity index (χ1n) is 12.0. The summed E-state index contributed by atoms with van der Waals surface area (Å²) in [6.07, 6.45) is 1.72. The van der Waals surface area contributed by atoms with Gasteiger partial charge in [-0.25, -0.2) is 9.97 Å². The Bertz CT molecular complexity index is 1500. The lowest BCUT2D eigenvalue weighted by Crippen LogP contribution is -2.32. The van der Waals surface area contributed by atoms with Crippen LogP contribution in [0, 0.1) is 0 Å². The zero-order chi connectivity index (χ0) is 26.7. The number of carbonyl (C=O) groups excluding carboxylic acids is 1. The van der Waals surface area contributed by atoms with Crippen molar-refractivity contribution in [1.82, 2.24) is 19.4 Å². The molecule has 8 heteroatoms. The van der Waals surface area contributed by atoms with Gasteiger partial charge in [-0.2, -0.15) is 0 Å². The van der Waals surface area contributed by atoms with Crippen LogP contribution < -0.4 is 10.3 Å². The molecular weight excluding hydrogens is 468 g/mol. The van der Waals surface area contributed by atoms with Gasteiger partial charge in [0.2, 0.25) is 0 Å². The number of fused-ring (bicyclic) bond motifs is 1. The van der Waals surface area contributed by atoms with E-state index in [2.05, 4.69) is 22.0 Å². The quantitative estimate of drug-likeness (QED) is 0.345. The Morgan fingerprint density at radius 3 is 2.43 bits per heavy atom. The smallest absolute Gasteiger partial charge is 0.326 e. The van der Waals surface area contributed by atoms with Crippen LogP contribution in [0.5, 0.6) is 5.75 Å². The number of esters is 1. The lowest BCUT2D eigenvalue weighted by molar-refractivity contribution is -0.155. The molecule has 2 aromatic carbocycles. The Hall–Kier alpha value is -4.04. The molecule has 0 aliphatic carbocycles. The highest BCUT2D eigenvalue weighted by atomic mass is 16.6. The Morgan fingerprint density at radius 2 is 1.73 bits per heavy atom. The molecule has 0 atom stereocenters. The third-order valence-electron chi connectivity index (χ3n) is 5.60. The van der Waals surface area contributed by atoms with E-state index in [1.54, 1.807) is 58.3 Å². The van der Waals surface area contributed by atoms with Crippen molar-refractivity contribution in [2.45, 2.75) is 39.5 Å². The standard InChI is InChI=1S/C29H32N4O4/c1-29(2,3)37-25(34)18-33-27(21-11-8-12-23(14-21)36-6)31-26-24(28(33)35)15-22(16-30-26)20-10-7-9-19(13-20)17-32(4)5/h7-16H,17-18H2,1-6H3. The van der Waals surface area contributed by atoms with Gasteiger partial charge in [-0.15, -0.1) is 0 Å². The van der Waals surface area contributed by atoms with Gasteiger partial charge in [-0.05, 0) is 70.3 Å². The van der Waals surface area contributed by atoms with Gasteiger partial charge >= 0.3 is 5.97 Å². The van der Waals surface area contributed by atoms with E-state index in [4.69, 9.17) is 14.5 Å². The summed E-state index contributed by atoms with van der Waals surface area (Å²) in [6.45, 7) is 5.87. The number of nitrogens with zero attached hydrogens (tertiary/aromatic N) is 4. The Labute approximate surface area is 216 Å². The monoisotopic (exact) mass is 500 g/mol. The number of carbonyl (C=O) groups is 1. The van der Waals surface area contributed by atoms with E-state index in [-0.39, 0.29) is 12.1 Å². The maximum Gasteiger partial charge on any atom is 0.326 e. The molecule has 4 rings (SSSR count). The van der Waals surface area contributed by atoms with Crippen LogP contribution >= 0.6 is 0 Å². The Kier molecular flexibility index (Phi) is 7.40. The van der Waals surface area contributed by atoms with Crippen LogP contribution in [0.2, 0.25) is 0 Å². The van der Waals surface area contributed by atoms with E-state index in [9.17, 15) is 9.59 Å². The number of ether oxygens (including phenoxy) is 2. The minimum Gasteiger partial charge on any atom is -0.497 e. The zero-order valence-corrected chi connectivity index (χ0v) is 22.1. The van der Waals surface area contributed by atoms with E-state index in [1.165, 1.54) is 4.57 Å². The molecule has 0 saturated carbocycles. The highest BCUT2D eigenvalue weighted by molar-refractivity contribution is 5.82.